The molecule has 0 aliphatic carbocycles. The van der Waals surface area contributed by atoms with Gasteiger partial charge in [-0.15, -0.1) is 0 Å². The summed E-state index contributed by atoms with van der Waals surface area (Å²) in [6, 6.07) is 14.5. The molecule has 1 fully saturated rings. The quantitative estimate of drug-likeness (QED) is 0.541. The molecule has 0 saturated carbocycles. The number of benzene rings is 2. The van der Waals surface area contributed by atoms with Gasteiger partial charge in [-0.1, -0.05) is 67.7 Å². The van der Waals surface area contributed by atoms with Gasteiger partial charge in [-0.2, -0.15) is 0 Å². The van der Waals surface area contributed by atoms with Crippen LogP contribution >= 0.6 is 24.0 Å². The molecule has 0 aromatic heterocycles. The van der Waals surface area contributed by atoms with Gasteiger partial charge in [-0.3, -0.25) is 9.69 Å². The van der Waals surface area contributed by atoms with Gasteiger partial charge in [0.05, 0.1) is 16.2 Å². The van der Waals surface area contributed by atoms with E-state index < -0.39 is 5.97 Å². The molecular weight excluding hydrogens is 378 g/mol. The Balaban J connectivity index is 1.86. The highest BCUT2D eigenvalue weighted by Gasteiger charge is 2.33. The number of carboxylic acids is 1. The van der Waals surface area contributed by atoms with E-state index in [-0.39, 0.29) is 11.5 Å². The average Bonchev–Trinajstić information content (AvgIpc) is 2.94. The number of thiocarbonyl (C=S) groups is 1. The normalized spacial score (nSPS) is 15.6. The third-order valence-corrected chi connectivity index (χ3v) is 5.59. The van der Waals surface area contributed by atoms with Crippen molar-refractivity contribution >= 4 is 51.9 Å². The number of anilines is 1. The lowest BCUT2D eigenvalue weighted by atomic mass is 10.1. The molecule has 1 N–H and O–H groups in total. The Morgan fingerprint density at radius 1 is 1.19 bits per heavy atom. The molecule has 27 heavy (non-hydrogen) atoms. The molecule has 1 saturated heterocycles. The number of hydrogen-bond donors (Lipinski definition) is 1. The Labute approximate surface area is 167 Å². The highest BCUT2D eigenvalue weighted by atomic mass is 32.2. The highest BCUT2D eigenvalue weighted by Crippen LogP contribution is 2.36. The van der Waals surface area contributed by atoms with Crippen molar-refractivity contribution in [2.75, 3.05) is 4.90 Å². The number of hydrogen-bond acceptors (Lipinski definition) is 4. The molecule has 2 aromatic carbocycles. The van der Waals surface area contributed by atoms with Gasteiger partial charge in [0.2, 0.25) is 0 Å². The number of amides is 1. The van der Waals surface area contributed by atoms with Crippen molar-refractivity contribution in [3.05, 3.63) is 70.1 Å². The van der Waals surface area contributed by atoms with Gasteiger partial charge in [-0.25, -0.2) is 4.79 Å². The predicted molar refractivity (Wildman–Crippen MR) is 114 cm³/mol. The van der Waals surface area contributed by atoms with E-state index in [1.54, 1.807) is 24.3 Å². The number of carbonyl (C=O) groups excluding carboxylic acids is 1. The summed E-state index contributed by atoms with van der Waals surface area (Å²) in [6.07, 6.45) is 4.88. The Morgan fingerprint density at radius 3 is 2.56 bits per heavy atom. The summed E-state index contributed by atoms with van der Waals surface area (Å²) in [5.41, 5.74) is 2.60. The van der Waals surface area contributed by atoms with E-state index >= 15 is 0 Å². The fourth-order valence-electron chi connectivity index (χ4n) is 2.84. The SMILES string of the molecule is CCCCc1ccc(N2C(=O)/C(=C\c3ccccc3C(=O)O)SC2=S)cc1. The molecule has 138 valence electrons. The summed E-state index contributed by atoms with van der Waals surface area (Å²) < 4.78 is 0.445. The van der Waals surface area contributed by atoms with E-state index in [2.05, 4.69) is 6.92 Å². The van der Waals surface area contributed by atoms with Crippen LogP contribution in [0.5, 0.6) is 0 Å². The average molecular weight is 398 g/mol. The van der Waals surface area contributed by atoms with Crippen molar-refractivity contribution in [3.8, 4) is 0 Å². The first kappa shape index (κ1) is 19.3. The van der Waals surface area contributed by atoms with E-state index in [1.807, 2.05) is 24.3 Å². The molecule has 0 atom stereocenters. The van der Waals surface area contributed by atoms with Crippen LogP contribution in [0, 0.1) is 0 Å². The van der Waals surface area contributed by atoms with Crippen LogP contribution < -0.4 is 4.90 Å². The van der Waals surface area contributed by atoms with E-state index in [0.717, 1.165) is 24.9 Å². The minimum atomic E-state index is -1.03. The van der Waals surface area contributed by atoms with E-state index in [0.29, 0.717) is 14.8 Å². The minimum Gasteiger partial charge on any atom is -0.478 e. The van der Waals surface area contributed by atoms with Gasteiger partial charge < -0.3 is 5.11 Å². The lowest BCUT2D eigenvalue weighted by Crippen LogP contribution is -2.27. The number of carbonyl (C=O) groups is 2. The van der Waals surface area contributed by atoms with Gasteiger partial charge in [0, 0.05) is 0 Å². The number of aryl methyl sites for hydroxylation is 1. The first-order valence-corrected chi connectivity index (χ1v) is 9.93. The highest BCUT2D eigenvalue weighted by molar-refractivity contribution is 8.27. The van der Waals surface area contributed by atoms with Crippen LogP contribution in [0.2, 0.25) is 0 Å². The Bertz CT molecular complexity index is 919. The van der Waals surface area contributed by atoms with Crippen molar-refractivity contribution in [3.63, 3.8) is 0 Å². The van der Waals surface area contributed by atoms with Crippen LogP contribution in [-0.4, -0.2) is 21.3 Å². The second kappa shape index (κ2) is 8.50. The summed E-state index contributed by atoms with van der Waals surface area (Å²) in [6.45, 7) is 2.16. The molecule has 6 heteroatoms. The summed E-state index contributed by atoms with van der Waals surface area (Å²) in [5.74, 6) is -1.26. The van der Waals surface area contributed by atoms with Crippen molar-refractivity contribution in [2.45, 2.75) is 26.2 Å². The smallest absolute Gasteiger partial charge is 0.336 e. The number of carboxylic acid groups (broad SMARTS) is 1. The van der Waals surface area contributed by atoms with Crippen molar-refractivity contribution in [2.24, 2.45) is 0 Å². The second-order valence-corrected chi connectivity index (χ2v) is 7.86. The van der Waals surface area contributed by atoms with Crippen LogP contribution in [0.1, 0.15) is 41.3 Å². The molecule has 0 radical (unpaired) electrons. The molecule has 3 rings (SSSR count). The lowest BCUT2D eigenvalue weighted by Gasteiger charge is -2.15. The molecule has 0 spiro atoms. The summed E-state index contributed by atoms with van der Waals surface area (Å²) in [4.78, 5) is 26.2. The van der Waals surface area contributed by atoms with E-state index in [1.165, 1.54) is 28.3 Å². The van der Waals surface area contributed by atoms with Crippen LogP contribution in [0.4, 0.5) is 5.69 Å². The fraction of sp³-hybridized carbons (Fsp3) is 0.190. The standard InChI is InChI=1S/C21H19NO3S2/c1-2-3-6-14-9-11-16(12-10-14)22-19(23)18(27-21(22)26)13-15-7-4-5-8-17(15)20(24)25/h4-5,7-13H,2-3,6H2,1H3,(H,24,25)/b18-13+. The zero-order valence-electron chi connectivity index (χ0n) is 14.8. The second-order valence-electron chi connectivity index (χ2n) is 6.18. The third kappa shape index (κ3) is 4.28. The minimum absolute atomic E-state index is 0.156. The molecule has 1 heterocycles. The maximum atomic E-state index is 12.9. The summed E-state index contributed by atoms with van der Waals surface area (Å²) in [5, 5.41) is 9.32. The first-order valence-electron chi connectivity index (χ1n) is 8.70. The number of thioether (sulfide) groups is 1. The zero-order valence-corrected chi connectivity index (χ0v) is 16.5. The molecule has 0 unspecified atom stereocenters. The predicted octanol–water partition coefficient (Wildman–Crippen LogP) is 5.13. The maximum absolute atomic E-state index is 12.9. The lowest BCUT2D eigenvalue weighted by molar-refractivity contribution is -0.113. The number of unbranched alkanes of at least 4 members (excludes halogenated alkanes) is 1. The maximum Gasteiger partial charge on any atom is 0.336 e. The summed E-state index contributed by atoms with van der Waals surface area (Å²) in [7, 11) is 0. The van der Waals surface area contributed by atoms with Crippen molar-refractivity contribution in [1.29, 1.82) is 0 Å². The molecule has 4 nitrogen and oxygen atoms in total. The van der Waals surface area contributed by atoms with Crippen LogP contribution in [0.15, 0.2) is 53.4 Å². The van der Waals surface area contributed by atoms with Gasteiger partial charge in [0.1, 0.15) is 0 Å². The topological polar surface area (TPSA) is 57.6 Å². The largest absolute Gasteiger partial charge is 0.478 e. The Kier molecular flexibility index (Phi) is 6.08. The molecule has 1 amide bonds. The Morgan fingerprint density at radius 2 is 1.89 bits per heavy atom. The molecular formula is C21H19NO3S2. The first-order chi connectivity index (χ1) is 13.0. The molecule has 1 aliphatic rings. The molecule has 1 aliphatic heterocycles. The third-order valence-electron chi connectivity index (χ3n) is 4.29. The number of nitrogens with zero attached hydrogens (tertiary/aromatic N) is 1. The van der Waals surface area contributed by atoms with Gasteiger partial charge in [0.25, 0.3) is 5.91 Å². The van der Waals surface area contributed by atoms with Gasteiger partial charge >= 0.3 is 5.97 Å². The molecule has 2 aromatic rings. The van der Waals surface area contributed by atoms with E-state index in [4.69, 9.17) is 12.2 Å². The van der Waals surface area contributed by atoms with Crippen LogP contribution in [0.3, 0.4) is 0 Å². The van der Waals surface area contributed by atoms with Gasteiger partial charge in [-0.05, 0) is 48.2 Å². The Hall–Kier alpha value is -2.44. The van der Waals surface area contributed by atoms with Crippen molar-refractivity contribution in [1.82, 2.24) is 0 Å². The number of aromatic carboxylic acids is 1. The fourth-order valence-corrected chi connectivity index (χ4v) is 4.13. The monoisotopic (exact) mass is 397 g/mol. The van der Waals surface area contributed by atoms with Crippen molar-refractivity contribution < 1.29 is 14.7 Å². The van der Waals surface area contributed by atoms with Gasteiger partial charge in [0.15, 0.2) is 4.32 Å². The zero-order chi connectivity index (χ0) is 19.4. The van der Waals surface area contributed by atoms with E-state index in [9.17, 15) is 14.7 Å². The van der Waals surface area contributed by atoms with Crippen LogP contribution in [-0.2, 0) is 11.2 Å². The van der Waals surface area contributed by atoms with Crippen LogP contribution in [0.25, 0.3) is 6.08 Å². The molecule has 0 bridgehead atoms. The number of rotatable bonds is 6. The summed E-state index contributed by atoms with van der Waals surface area (Å²) >= 11 is 6.58.